The van der Waals surface area contributed by atoms with Crippen LogP contribution in [0.4, 0.5) is 5.69 Å². The first-order chi connectivity index (χ1) is 12.1. The lowest BCUT2D eigenvalue weighted by Gasteiger charge is -2.10. The molecule has 3 aromatic rings. The second kappa shape index (κ2) is 8.39. The molecule has 25 heavy (non-hydrogen) atoms. The number of thioether (sulfide) groups is 1. The van der Waals surface area contributed by atoms with Crippen molar-refractivity contribution in [3.63, 3.8) is 0 Å². The van der Waals surface area contributed by atoms with Crippen molar-refractivity contribution in [1.82, 2.24) is 4.98 Å². The highest BCUT2D eigenvalue weighted by Crippen LogP contribution is 2.28. The van der Waals surface area contributed by atoms with Crippen molar-refractivity contribution in [1.29, 1.82) is 0 Å². The smallest absolute Gasteiger partial charge is 0.256 e. The van der Waals surface area contributed by atoms with Crippen molar-refractivity contribution < 1.29 is 4.79 Å². The Morgan fingerprint density at radius 1 is 1.00 bits per heavy atom. The van der Waals surface area contributed by atoms with Gasteiger partial charge in [-0.15, -0.1) is 11.8 Å². The molecule has 126 valence electrons. The third-order valence-electron chi connectivity index (χ3n) is 3.40. The number of nitrogens with one attached hydrogen (secondary N) is 1. The zero-order chi connectivity index (χ0) is 17.6. The van der Waals surface area contributed by atoms with Crippen LogP contribution in [-0.2, 0) is 5.75 Å². The lowest BCUT2D eigenvalue weighted by molar-refractivity contribution is 0.102. The Hall–Kier alpha value is -2.01. The zero-order valence-corrected chi connectivity index (χ0v) is 15.4. The topological polar surface area (TPSA) is 42.0 Å². The molecule has 0 radical (unpaired) electrons. The van der Waals surface area contributed by atoms with Crippen LogP contribution in [0.2, 0.25) is 10.0 Å². The van der Waals surface area contributed by atoms with E-state index in [1.54, 1.807) is 48.4 Å². The van der Waals surface area contributed by atoms with Crippen molar-refractivity contribution in [2.75, 3.05) is 5.32 Å². The molecule has 1 N–H and O–H groups in total. The molecule has 0 bridgehead atoms. The molecule has 3 rings (SSSR count). The first kappa shape index (κ1) is 17.8. The van der Waals surface area contributed by atoms with Crippen molar-refractivity contribution >= 4 is 46.6 Å². The van der Waals surface area contributed by atoms with Gasteiger partial charge in [-0.2, -0.15) is 0 Å². The number of benzene rings is 2. The minimum Gasteiger partial charge on any atom is -0.322 e. The Morgan fingerprint density at radius 3 is 2.40 bits per heavy atom. The number of rotatable bonds is 5. The van der Waals surface area contributed by atoms with Gasteiger partial charge in [0.05, 0.1) is 5.56 Å². The molecule has 0 spiro atoms. The fraction of sp³-hybridized carbons (Fsp3) is 0.0526. The quantitative estimate of drug-likeness (QED) is 0.550. The van der Waals surface area contributed by atoms with E-state index >= 15 is 0 Å². The van der Waals surface area contributed by atoms with Crippen LogP contribution in [0, 0.1) is 0 Å². The largest absolute Gasteiger partial charge is 0.322 e. The highest BCUT2D eigenvalue weighted by atomic mass is 35.5. The van der Waals surface area contributed by atoms with Gasteiger partial charge in [-0.1, -0.05) is 35.3 Å². The molecule has 0 aliphatic rings. The van der Waals surface area contributed by atoms with Gasteiger partial charge in [-0.05, 0) is 48.0 Å². The maximum atomic E-state index is 12.6. The van der Waals surface area contributed by atoms with Crippen LogP contribution < -0.4 is 5.32 Å². The molecule has 2 aromatic carbocycles. The SMILES string of the molecule is O=C(Nc1cc(Cl)cc(Cl)c1)c1ccccc1SCc1ccncc1. The third-order valence-corrected chi connectivity index (χ3v) is 4.98. The van der Waals surface area contributed by atoms with E-state index < -0.39 is 0 Å². The van der Waals surface area contributed by atoms with Gasteiger partial charge in [0.15, 0.2) is 0 Å². The summed E-state index contributed by atoms with van der Waals surface area (Å²) in [6, 6.07) is 16.4. The minimum atomic E-state index is -0.198. The van der Waals surface area contributed by atoms with E-state index in [-0.39, 0.29) is 5.91 Å². The summed E-state index contributed by atoms with van der Waals surface area (Å²) in [7, 11) is 0. The number of amides is 1. The Labute approximate surface area is 160 Å². The highest BCUT2D eigenvalue weighted by molar-refractivity contribution is 7.98. The maximum Gasteiger partial charge on any atom is 0.256 e. The van der Waals surface area contributed by atoms with E-state index in [0.29, 0.717) is 21.3 Å². The van der Waals surface area contributed by atoms with E-state index in [4.69, 9.17) is 23.2 Å². The van der Waals surface area contributed by atoms with Crippen LogP contribution in [0.5, 0.6) is 0 Å². The second-order valence-electron chi connectivity index (χ2n) is 5.25. The maximum absolute atomic E-state index is 12.6. The van der Waals surface area contributed by atoms with Crippen molar-refractivity contribution in [3.8, 4) is 0 Å². The van der Waals surface area contributed by atoms with E-state index in [9.17, 15) is 4.79 Å². The summed E-state index contributed by atoms with van der Waals surface area (Å²) < 4.78 is 0. The summed E-state index contributed by atoms with van der Waals surface area (Å²) in [4.78, 5) is 17.6. The van der Waals surface area contributed by atoms with Crippen LogP contribution in [0.1, 0.15) is 15.9 Å². The number of aromatic nitrogens is 1. The van der Waals surface area contributed by atoms with Gasteiger partial charge >= 0.3 is 0 Å². The first-order valence-corrected chi connectivity index (χ1v) is 9.24. The van der Waals surface area contributed by atoms with Crippen LogP contribution in [0.3, 0.4) is 0 Å². The summed E-state index contributed by atoms with van der Waals surface area (Å²) in [6.45, 7) is 0. The molecular formula is C19H14Cl2N2OS. The molecule has 1 aromatic heterocycles. The van der Waals surface area contributed by atoms with Crippen LogP contribution in [0.15, 0.2) is 71.9 Å². The molecule has 0 fully saturated rings. The molecule has 1 amide bonds. The predicted molar refractivity (Wildman–Crippen MR) is 105 cm³/mol. The summed E-state index contributed by atoms with van der Waals surface area (Å²) in [5.74, 6) is 0.562. The number of anilines is 1. The lowest BCUT2D eigenvalue weighted by Crippen LogP contribution is -2.13. The van der Waals surface area contributed by atoms with Gasteiger partial charge in [-0.3, -0.25) is 9.78 Å². The Balaban J connectivity index is 1.76. The average Bonchev–Trinajstić information content (AvgIpc) is 2.60. The van der Waals surface area contributed by atoms with Crippen molar-refractivity contribution in [2.24, 2.45) is 0 Å². The molecule has 0 saturated carbocycles. The molecule has 1 heterocycles. The third kappa shape index (κ3) is 4.98. The Bertz CT molecular complexity index is 867. The summed E-state index contributed by atoms with van der Waals surface area (Å²) in [5, 5.41) is 3.80. The second-order valence-corrected chi connectivity index (χ2v) is 7.14. The van der Waals surface area contributed by atoms with Crippen molar-refractivity contribution in [3.05, 3.63) is 88.2 Å². The summed E-state index contributed by atoms with van der Waals surface area (Å²) in [5.41, 5.74) is 2.32. The highest BCUT2D eigenvalue weighted by Gasteiger charge is 2.12. The molecule has 0 unspecified atom stereocenters. The van der Waals surface area contributed by atoms with Crippen LogP contribution >= 0.6 is 35.0 Å². The van der Waals surface area contributed by atoms with Gasteiger partial charge < -0.3 is 5.32 Å². The van der Waals surface area contributed by atoms with Gasteiger partial charge in [0.1, 0.15) is 0 Å². The molecular weight excluding hydrogens is 375 g/mol. The van der Waals surface area contributed by atoms with Gasteiger partial charge in [0.25, 0.3) is 5.91 Å². The van der Waals surface area contributed by atoms with E-state index in [0.717, 1.165) is 16.2 Å². The van der Waals surface area contributed by atoms with Crippen LogP contribution in [0.25, 0.3) is 0 Å². The van der Waals surface area contributed by atoms with Crippen molar-refractivity contribution in [2.45, 2.75) is 10.6 Å². The normalized spacial score (nSPS) is 10.5. The lowest BCUT2D eigenvalue weighted by atomic mass is 10.2. The number of halogens is 2. The molecule has 3 nitrogen and oxygen atoms in total. The molecule has 6 heteroatoms. The number of carbonyl (C=O) groups is 1. The van der Waals surface area contributed by atoms with E-state index in [1.807, 2.05) is 30.3 Å². The van der Waals surface area contributed by atoms with E-state index in [2.05, 4.69) is 10.3 Å². The molecule has 0 aliphatic heterocycles. The minimum absolute atomic E-state index is 0.198. The fourth-order valence-corrected chi connectivity index (χ4v) is 3.78. The summed E-state index contributed by atoms with van der Waals surface area (Å²) >= 11 is 13.6. The monoisotopic (exact) mass is 388 g/mol. The van der Waals surface area contributed by atoms with Gasteiger partial charge in [0.2, 0.25) is 0 Å². The standard InChI is InChI=1S/C19H14Cl2N2OS/c20-14-9-15(21)11-16(10-14)23-19(24)17-3-1-2-4-18(17)25-12-13-5-7-22-8-6-13/h1-11H,12H2,(H,23,24). The summed E-state index contributed by atoms with van der Waals surface area (Å²) in [6.07, 6.45) is 3.52. The van der Waals surface area contributed by atoms with Crippen LogP contribution in [-0.4, -0.2) is 10.9 Å². The predicted octanol–water partition coefficient (Wildman–Crippen LogP) is 5.93. The number of hydrogen-bond acceptors (Lipinski definition) is 3. The Kier molecular flexibility index (Phi) is 5.97. The van der Waals surface area contributed by atoms with E-state index in [1.165, 1.54) is 0 Å². The number of pyridine rings is 1. The number of nitrogens with zero attached hydrogens (tertiary/aromatic N) is 1. The average molecular weight is 389 g/mol. The van der Waals surface area contributed by atoms with Gasteiger partial charge in [-0.25, -0.2) is 0 Å². The Morgan fingerprint density at radius 2 is 1.68 bits per heavy atom. The first-order valence-electron chi connectivity index (χ1n) is 7.50. The molecule has 0 aliphatic carbocycles. The zero-order valence-electron chi connectivity index (χ0n) is 13.1. The molecule has 0 saturated heterocycles. The number of hydrogen-bond donors (Lipinski definition) is 1. The number of carbonyl (C=O) groups excluding carboxylic acids is 1. The van der Waals surface area contributed by atoms with Gasteiger partial charge in [0, 0.05) is 38.8 Å². The fourth-order valence-electron chi connectivity index (χ4n) is 2.24. The molecule has 0 atom stereocenters.